The van der Waals surface area contributed by atoms with Crippen LogP contribution in [0.4, 0.5) is 4.39 Å². The standard InChI is InChI=1S/C18H19ClFN3/c19-17-6-4-15(5-7-17)14-22-8-10-23(11-9-22)21-13-16-2-1-3-18(20)12-16/h1-7,12-13H,8-11,14H2. The Morgan fingerprint density at radius 1 is 1.04 bits per heavy atom. The molecular weight excluding hydrogens is 313 g/mol. The van der Waals surface area contributed by atoms with Crippen molar-refractivity contribution in [3.63, 3.8) is 0 Å². The summed E-state index contributed by atoms with van der Waals surface area (Å²) in [4.78, 5) is 2.40. The molecule has 0 aromatic heterocycles. The lowest BCUT2D eigenvalue weighted by Gasteiger charge is -2.33. The van der Waals surface area contributed by atoms with Gasteiger partial charge in [0.25, 0.3) is 0 Å². The van der Waals surface area contributed by atoms with Gasteiger partial charge in [0, 0.05) is 37.7 Å². The minimum absolute atomic E-state index is 0.235. The molecule has 120 valence electrons. The van der Waals surface area contributed by atoms with Crippen LogP contribution in [0, 0.1) is 5.82 Å². The second-order valence-electron chi connectivity index (χ2n) is 5.66. The summed E-state index contributed by atoms with van der Waals surface area (Å²) in [5, 5.41) is 7.24. The number of rotatable bonds is 4. The van der Waals surface area contributed by atoms with Crippen LogP contribution >= 0.6 is 11.6 Å². The SMILES string of the molecule is Fc1cccc(C=NN2CCN(Cc3ccc(Cl)cc3)CC2)c1. The fourth-order valence-corrected chi connectivity index (χ4v) is 2.72. The molecular formula is C18H19ClFN3. The van der Waals surface area contributed by atoms with E-state index >= 15 is 0 Å². The Hall–Kier alpha value is -1.91. The van der Waals surface area contributed by atoms with Gasteiger partial charge in [-0.3, -0.25) is 9.91 Å². The highest BCUT2D eigenvalue weighted by atomic mass is 35.5. The Labute approximate surface area is 141 Å². The molecule has 0 amide bonds. The third kappa shape index (κ3) is 4.78. The van der Waals surface area contributed by atoms with E-state index in [0.717, 1.165) is 43.3 Å². The summed E-state index contributed by atoms with van der Waals surface area (Å²) in [7, 11) is 0. The molecule has 5 heteroatoms. The molecule has 0 saturated carbocycles. The highest BCUT2D eigenvalue weighted by Gasteiger charge is 2.15. The van der Waals surface area contributed by atoms with E-state index in [1.54, 1.807) is 12.3 Å². The van der Waals surface area contributed by atoms with E-state index in [-0.39, 0.29) is 5.82 Å². The lowest BCUT2D eigenvalue weighted by Crippen LogP contribution is -2.43. The van der Waals surface area contributed by atoms with Crippen molar-refractivity contribution in [2.75, 3.05) is 26.2 Å². The molecule has 1 fully saturated rings. The normalized spacial score (nSPS) is 16.2. The number of nitrogens with zero attached hydrogens (tertiary/aromatic N) is 3. The molecule has 0 unspecified atom stereocenters. The van der Waals surface area contributed by atoms with Crippen LogP contribution in [0.2, 0.25) is 5.02 Å². The first-order valence-electron chi connectivity index (χ1n) is 7.70. The lowest BCUT2D eigenvalue weighted by molar-refractivity contribution is 0.131. The largest absolute Gasteiger partial charge is 0.295 e. The average Bonchev–Trinajstić information content (AvgIpc) is 2.56. The third-order valence-electron chi connectivity index (χ3n) is 3.89. The molecule has 1 heterocycles. The van der Waals surface area contributed by atoms with Crippen molar-refractivity contribution in [3.8, 4) is 0 Å². The smallest absolute Gasteiger partial charge is 0.123 e. The van der Waals surface area contributed by atoms with Crippen LogP contribution in [0.25, 0.3) is 0 Å². The predicted octanol–water partition coefficient (Wildman–Crippen LogP) is 3.63. The number of benzene rings is 2. The minimum Gasteiger partial charge on any atom is -0.295 e. The topological polar surface area (TPSA) is 18.8 Å². The maximum Gasteiger partial charge on any atom is 0.123 e. The van der Waals surface area contributed by atoms with Crippen LogP contribution in [0.5, 0.6) is 0 Å². The van der Waals surface area contributed by atoms with Gasteiger partial charge in [0.15, 0.2) is 0 Å². The monoisotopic (exact) mass is 331 g/mol. The van der Waals surface area contributed by atoms with Crippen LogP contribution in [-0.2, 0) is 6.54 Å². The van der Waals surface area contributed by atoms with Crippen molar-refractivity contribution in [2.24, 2.45) is 5.10 Å². The predicted molar refractivity (Wildman–Crippen MR) is 92.3 cm³/mol. The second kappa shape index (κ2) is 7.57. The Balaban J connectivity index is 1.49. The molecule has 2 aromatic carbocycles. The molecule has 3 rings (SSSR count). The number of piperazine rings is 1. The van der Waals surface area contributed by atoms with E-state index in [9.17, 15) is 4.39 Å². The van der Waals surface area contributed by atoms with Crippen molar-refractivity contribution >= 4 is 17.8 Å². The van der Waals surface area contributed by atoms with Gasteiger partial charge in [-0.1, -0.05) is 35.9 Å². The summed E-state index contributed by atoms with van der Waals surface area (Å²) in [6, 6.07) is 14.5. The fraction of sp³-hybridized carbons (Fsp3) is 0.278. The number of hydrogen-bond donors (Lipinski definition) is 0. The van der Waals surface area contributed by atoms with Gasteiger partial charge in [0.2, 0.25) is 0 Å². The molecule has 0 bridgehead atoms. The maximum absolute atomic E-state index is 13.1. The van der Waals surface area contributed by atoms with Gasteiger partial charge in [-0.25, -0.2) is 4.39 Å². The third-order valence-corrected chi connectivity index (χ3v) is 4.14. The lowest BCUT2D eigenvalue weighted by atomic mass is 10.2. The van der Waals surface area contributed by atoms with Gasteiger partial charge >= 0.3 is 0 Å². The molecule has 0 spiro atoms. The van der Waals surface area contributed by atoms with E-state index in [2.05, 4.69) is 22.1 Å². The Morgan fingerprint density at radius 3 is 2.48 bits per heavy atom. The molecule has 1 aliphatic heterocycles. The molecule has 1 saturated heterocycles. The first-order valence-corrected chi connectivity index (χ1v) is 8.08. The molecule has 2 aromatic rings. The van der Waals surface area contributed by atoms with Crippen molar-refractivity contribution in [1.82, 2.24) is 9.91 Å². The second-order valence-corrected chi connectivity index (χ2v) is 6.09. The van der Waals surface area contributed by atoms with E-state index < -0.39 is 0 Å². The van der Waals surface area contributed by atoms with E-state index in [4.69, 9.17) is 11.6 Å². The van der Waals surface area contributed by atoms with Crippen molar-refractivity contribution in [3.05, 3.63) is 70.5 Å². The Kier molecular flexibility index (Phi) is 5.26. The highest BCUT2D eigenvalue weighted by molar-refractivity contribution is 6.30. The van der Waals surface area contributed by atoms with Crippen LogP contribution < -0.4 is 0 Å². The van der Waals surface area contributed by atoms with Gasteiger partial charge in [-0.15, -0.1) is 0 Å². The fourth-order valence-electron chi connectivity index (χ4n) is 2.59. The molecule has 0 aliphatic carbocycles. The van der Waals surface area contributed by atoms with Crippen LogP contribution in [0.1, 0.15) is 11.1 Å². The van der Waals surface area contributed by atoms with Crippen molar-refractivity contribution in [2.45, 2.75) is 6.54 Å². The summed E-state index contributed by atoms with van der Waals surface area (Å²) in [5.41, 5.74) is 2.06. The van der Waals surface area contributed by atoms with E-state index in [0.29, 0.717) is 0 Å². The molecule has 0 atom stereocenters. The van der Waals surface area contributed by atoms with E-state index in [1.807, 2.05) is 23.2 Å². The average molecular weight is 332 g/mol. The molecule has 3 nitrogen and oxygen atoms in total. The van der Waals surface area contributed by atoms with Crippen LogP contribution in [-0.4, -0.2) is 42.3 Å². The highest BCUT2D eigenvalue weighted by Crippen LogP contribution is 2.13. The van der Waals surface area contributed by atoms with Gasteiger partial charge in [-0.05, 0) is 35.4 Å². The number of hydrogen-bond acceptors (Lipinski definition) is 3. The van der Waals surface area contributed by atoms with Gasteiger partial charge in [0.1, 0.15) is 5.82 Å². The van der Waals surface area contributed by atoms with E-state index in [1.165, 1.54) is 17.7 Å². The summed E-state index contributed by atoms with van der Waals surface area (Å²) in [6.45, 7) is 4.60. The molecule has 23 heavy (non-hydrogen) atoms. The summed E-state index contributed by atoms with van der Waals surface area (Å²) in [6.07, 6.45) is 1.72. The van der Waals surface area contributed by atoms with Gasteiger partial charge in [-0.2, -0.15) is 5.10 Å². The molecule has 0 N–H and O–H groups in total. The summed E-state index contributed by atoms with van der Waals surface area (Å²) < 4.78 is 13.1. The number of halogens is 2. The first-order chi connectivity index (χ1) is 11.2. The summed E-state index contributed by atoms with van der Waals surface area (Å²) in [5.74, 6) is -0.235. The maximum atomic E-state index is 13.1. The first kappa shape index (κ1) is 16.0. The van der Waals surface area contributed by atoms with Crippen molar-refractivity contribution in [1.29, 1.82) is 0 Å². The zero-order valence-electron chi connectivity index (χ0n) is 12.8. The Bertz CT molecular complexity index is 664. The minimum atomic E-state index is -0.235. The van der Waals surface area contributed by atoms with Crippen LogP contribution in [0.15, 0.2) is 53.6 Å². The zero-order valence-corrected chi connectivity index (χ0v) is 13.6. The number of hydrazone groups is 1. The van der Waals surface area contributed by atoms with Gasteiger partial charge < -0.3 is 0 Å². The van der Waals surface area contributed by atoms with Crippen molar-refractivity contribution < 1.29 is 4.39 Å². The quantitative estimate of drug-likeness (QED) is 0.797. The zero-order chi connectivity index (χ0) is 16.1. The molecule has 0 radical (unpaired) electrons. The Morgan fingerprint density at radius 2 is 1.78 bits per heavy atom. The van der Waals surface area contributed by atoms with Crippen LogP contribution in [0.3, 0.4) is 0 Å². The summed E-state index contributed by atoms with van der Waals surface area (Å²) >= 11 is 5.91. The molecule has 1 aliphatic rings. The van der Waals surface area contributed by atoms with Gasteiger partial charge in [0.05, 0.1) is 6.21 Å².